The summed E-state index contributed by atoms with van der Waals surface area (Å²) in [7, 11) is 0. The maximum atomic E-state index is 13.7. The van der Waals surface area contributed by atoms with Gasteiger partial charge in [0.15, 0.2) is 0 Å². The van der Waals surface area contributed by atoms with Crippen molar-refractivity contribution in [1.29, 1.82) is 0 Å². The first-order valence-corrected chi connectivity index (χ1v) is 12.4. The molecule has 0 aliphatic carbocycles. The molecule has 3 heterocycles. The molecular weight excluding hydrogens is 462 g/mol. The average molecular weight is 492 g/mol. The molecule has 1 aromatic heterocycles. The molecule has 5 rings (SSSR count). The van der Waals surface area contributed by atoms with Crippen LogP contribution in [-0.4, -0.2) is 58.0 Å². The second-order valence-corrected chi connectivity index (χ2v) is 9.36. The van der Waals surface area contributed by atoms with Gasteiger partial charge in [-0.1, -0.05) is 12.1 Å². The SMILES string of the molecule is O=C(c1ccc(N2CCCCC2)c([N+](=O)[O-])c1)N(Cc1nc2ccccc2c(=O)[nH]1)CC1CCCO1. The third kappa shape index (κ3) is 5.08. The van der Waals surface area contributed by atoms with E-state index in [4.69, 9.17) is 4.74 Å². The second-order valence-electron chi connectivity index (χ2n) is 9.36. The van der Waals surface area contributed by atoms with E-state index in [-0.39, 0.29) is 35.4 Å². The molecule has 10 heteroatoms. The number of rotatable bonds is 7. The van der Waals surface area contributed by atoms with Gasteiger partial charge in [0, 0.05) is 37.9 Å². The standard InChI is InChI=1S/C26H29N5O5/c32-25-20-8-2-3-9-21(20)27-24(28-25)17-30(16-19-7-6-14-36-19)26(33)18-10-11-22(23(15-18)31(34)35)29-12-4-1-5-13-29/h2-3,8-11,15,19H,1,4-7,12-14,16-17H2,(H,27,28,32). The van der Waals surface area contributed by atoms with Gasteiger partial charge >= 0.3 is 0 Å². The van der Waals surface area contributed by atoms with Crippen LogP contribution in [0.2, 0.25) is 0 Å². The number of H-pyrrole nitrogens is 1. The van der Waals surface area contributed by atoms with Crippen molar-refractivity contribution >= 4 is 28.2 Å². The van der Waals surface area contributed by atoms with Crippen LogP contribution in [0.3, 0.4) is 0 Å². The zero-order valence-electron chi connectivity index (χ0n) is 20.0. The van der Waals surface area contributed by atoms with Crippen molar-refractivity contribution in [3.63, 3.8) is 0 Å². The topological polar surface area (TPSA) is 122 Å². The fourth-order valence-corrected chi connectivity index (χ4v) is 5.03. The van der Waals surface area contributed by atoms with Gasteiger partial charge in [0.2, 0.25) is 0 Å². The van der Waals surface area contributed by atoms with E-state index in [9.17, 15) is 19.7 Å². The van der Waals surface area contributed by atoms with Crippen molar-refractivity contribution in [1.82, 2.24) is 14.9 Å². The number of aromatic nitrogens is 2. The molecule has 1 amide bonds. The number of nitrogens with zero attached hydrogens (tertiary/aromatic N) is 4. The van der Waals surface area contributed by atoms with Crippen LogP contribution >= 0.6 is 0 Å². The molecule has 3 aromatic rings. The minimum Gasteiger partial charge on any atom is -0.376 e. The number of nitro groups is 1. The smallest absolute Gasteiger partial charge is 0.293 e. The van der Waals surface area contributed by atoms with Crippen molar-refractivity contribution in [2.45, 2.75) is 44.8 Å². The molecule has 0 bridgehead atoms. The summed E-state index contributed by atoms with van der Waals surface area (Å²) in [6, 6.07) is 11.7. The number of carbonyl (C=O) groups is 1. The number of ether oxygens (including phenoxy) is 1. The van der Waals surface area contributed by atoms with Gasteiger partial charge in [-0.25, -0.2) is 4.98 Å². The van der Waals surface area contributed by atoms with E-state index in [1.807, 2.05) is 4.90 Å². The number of piperidine rings is 1. The normalized spacial score (nSPS) is 17.9. The van der Waals surface area contributed by atoms with Crippen LogP contribution in [0, 0.1) is 10.1 Å². The Balaban J connectivity index is 1.46. The van der Waals surface area contributed by atoms with Crippen molar-refractivity contribution in [3.8, 4) is 0 Å². The molecule has 10 nitrogen and oxygen atoms in total. The number of para-hydroxylation sites is 1. The molecule has 2 aromatic carbocycles. The number of nitrogens with one attached hydrogen (secondary N) is 1. The average Bonchev–Trinajstić information content (AvgIpc) is 3.41. The Morgan fingerprint density at radius 3 is 2.72 bits per heavy atom. The Labute approximate surface area is 208 Å². The number of anilines is 1. The van der Waals surface area contributed by atoms with Gasteiger partial charge in [-0.2, -0.15) is 0 Å². The molecular formula is C26H29N5O5. The third-order valence-corrected chi connectivity index (χ3v) is 6.85. The number of carbonyl (C=O) groups excluding carboxylic acids is 1. The Kier molecular flexibility index (Phi) is 6.95. The highest BCUT2D eigenvalue weighted by Crippen LogP contribution is 2.32. The van der Waals surface area contributed by atoms with Gasteiger partial charge < -0.3 is 19.5 Å². The van der Waals surface area contributed by atoms with Crippen LogP contribution in [0.25, 0.3) is 10.9 Å². The van der Waals surface area contributed by atoms with Gasteiger partial charge in [-0.05, 0) is 56.4 Å². The van der Waals surface area contributed by atoms with Gasteiger partial charge in [-0.3, -0.25) is 19.7 Å². The first-order chi connectivity index (χ1) is 17.5. The fourth-order valence-electron chi connectivity index (χ4n) is 5.03. The van der Waals surface area contributed by atoms with E-state index in [2.05, 4.69) is 9.97 Å². The lowest BCUT2D eigenvalue weighted by Gasteiger charge is -2.29. The highest BCUT2D eigenvalue weighted by atomic mass is 16.6. The fraction of sp³-hybridized carbons (Fsp3) is 0.423. The number of fused-ring (bicyclic) bond motifs is 1. The van der Waals surface area contributed by atoms with Crippen LogP contribution in [0.15, 0.2) is 47.3 Å². The Bertz CT molecular complexity index is 1330. The summed E-state index contributed by atoms with van der Waals surface area (Å²) in [6.45, 7) is 2.52. The molecule has 2 saturated heterocycles. The van der Waals surface area contributed by atoms with Crippen molar-refractivity contribution in [3.05, 3.63) is 74.3 Å². The molecule has 36 heavy (non-hydrogen) atoms. The van der Waals surface area contributed by atoms with E-state index >= 15 is 0 Å². The van der Waals surface area contributed by atoms with Crippen LogP contribution in [-0.2, 0) is 11.3 Å². The second kappa shape index (κ2) is 10.4. The zero-order valence-corrected chi connectivity index (χ0v) is 20.0. The molecule has 1 N–H and O–H groups in total. The number of amides is 1. The van der Waals surface area contributed by atoms with E-state index in [1.54, 1.807) is 41.3 Å². The van der Waals surface area contributed by atoms with Crippen molar-refractivity contribution < 1.29 is 14.5 Å². The summed E-state index contributed by atoms with van der Waals surface area (Å²) in [5.41, 5.74) is 0.965. The maximum absolute atomic E-state index is 13.7. The largest absolute Gasteiger partial charge is 0.376 e. The molecule has 0 spiro atoms. The summed E-state index contributed by atoms with van der Waals surface area (Å²) < 4.78 is 5.76. The molecule has 0 radical (unpaired) electrons. The molecule has 2 aliphatic heterocycles. The summed E-state index contributed by atoms with van der Waals surface area (Å²) in [4.78, 5) is 48.6. The Morgan fingerprint density at radius 2 is 1.97 bits per heavy atom. The molecule has 1 unspecified atom stereocenters. The maximum Gasteiger partial charge on any atom is 0.293 e. The van der Waals surface area contributed by atoms with Crippen LogP contribution in [0.1, 0.15) is 48.3 Å². The molecule has 188 valence electrons. The van der Waals surface area contributed by atoms with E-state index < -0.39 is 4.92 Å². The van der Waals surface area contributed by atoms with E-state index in [0.717, 1.165) is 45.2 Å². The van der Waals surface area contributed by atoms with Gasteiger partial charge in [-0.15, -0.1) is 0 Å². The summed E-state index contributed by atoms with van der Waals surface area (Å²) in [6.07, 6.45) is 4.69. The highest BCUT2D eigenvalue weighted by molar-refractivity contribution is 5.96. The van der Waals surface area contributed by atoms with E-state index in [0.29, 0.717) is 35.6 Å². The molecule has 2 fully saturated rings. The molecule has 0 saturated carbocycles. The number of nitro benzene ring substituents is 1. The quantitative estimate of drug-likeness (QED) is 0.395. The Hall–Kier alpha value is -3.79. The summed E-state index contributed by atoms with van der Waals surface area (Å²) in [5, 5.41) is 12.4. The highest BCUT2D eigenvalue weighted by Gasteiger charge is 2.28. The van der Waals surface area contributed by atoms with Gasteiger partial charge in [0.25, 0.3) is 17.2 Å². The lowest BCUT2D eigenvalue weighted by atomic mass is 10.1. The third-order valence-electron chi connectivity index (χ3n) is 6.85. The number of benzene rings is 2. The van der Waals surface area contributed by atoms with Crippen molar-refractivity contribution in [2.24, 2.45) is 0 Å². The lowest BCUT2D eigenvalue weighted by molar-refractivity contribution is -0.384. The summed E-state index contributed by atoms with van der Waals surface area (Å²) >= 11 is 0. The molecule has 2 aliphatic rings. The monoisotopic (exact) mass is 491 g/mol. The minimum absolute atomic E-state index is 0.0560. The number of aromatic amines is 1. The van der Waals surface area contributed by atoms with Crippen LogP contribution in [0.5, 0.6) is 0 Å². The minimum atomic E-state index is -0.423. The first kappa shape index (κ1) is 23.9. The van der Waals surface area contributed by atoms with Crippen LogP contribution in [0.4, 0.5) is 11.4 Å². The summed E-state index contributed by atoms with van der Waals surface area (Å²) in [5.74, 6) is -0.0147. The number of hydrogen-bond donors (Lipinski definition) is 1. The van der Waals surface area contributed by atoms with Gasteiger partial charge in [0.05, 0.1) is 28.5 Å². The predicted molar refractivity (Wildman–Crippen MR) is 135 cm³/mol. The zero-order chi connectivity index (χ0) is 25.1. The predicted octanol–water partition coefficient (Wildman–Crippen LogP) is 3.64. The van der Waals surface area contributed by atoms with Crippen molar-refractivity contribution in [2.75, 3.05) is 31.1 Å². The van der Waals surface area contributed by atoms with Crippen LogP contribution < -0.4 is 10.5 Å². The lowest BCUT2D eigenvalue weighted by Crippen LogP contribution is -2.38. The first-order valence-electron chi connectivity index (χ1n) is 12.4. The van der Waals surface area contributed by atoms with Gasteiger partial charge in [0.1, 0.15) is 11.5 Å². The van der Waals surface area contributed by atoms with E-state index in [1.165, 1.54) is 6.07 Å². The number of hydrogen-bond acceptors (Lipinski definition) is 7. The molecule has 1 atom stereocenters. The Morgan fingerprint density at radius 1 is 1.17 bits per heavy atom.